The second-order valence-electron chi connectivity index (χ2n) is 8.88. The number of carbonyl (C=O) groups excluding carboxylic acids is 2. The summed E-state index contributed by atoms with van der Waals surface area (Å²) in [6.07, 6.45) is 14.6. The summed E-state index contributed by atoms with van der Waals surface area (Å²) in [5, 5.41) is 0. The SMILES string of the molecule is CCCCCCCCCCCCCCOC(=O)c1ccccc1C(=O)OCc1cc(F)ccc1F. The number of hydrogen-bond acceptors (Lipinski definition) is 4. The average molecular weight is 489 g/mol. The highest BCUT2D eigenvalue weighted by Crippen LogP contribution is 2.16. The zero-order valence-electron chi connectivity index (χ0n) is 20.8. The number of ether oxygens (including phenoxy) is 2. The molecule has 0 saturated heterocycles. The lowest BCUT2D eigenvalue weighted by Gasteiger charge is -2.10. The van der Waals surface area contributed by atoms with Crippen molar-refractivity contribution in [3.63, 3.8) is 0 Å². The highest BCUT2D eigenvalue weighted by molar-refractivity contribution is 6.03. The molecule has 2 aromatic carbocycles. The van der Waals surface area contributed by atoms with E-state index >= 15 is 0 Å². The summed E-state index contributed by atoms with van der Waals surface area (Å²) in [5.74, 6) is -2.70. The molecule has 0 saturated carbocycles. The second kappa shape index (κ2) is 16.8. The highest BCUT2D eigenvalue weighted by Gasteiger charge is 2.19. The van der Waals surface area contributed by atoms with E-state index in [0.29, 0.717) is 0 Å². The molecule has 4 nitrogen and oxygen atoms in total. The van der Waals surface area contributed by atoms with Crippen LogP contribution < -0.4 is 0 Å². The molecule has 2 rings (SSSR count). The van der Waals surface area contributed by atoms with E-state index in [0.717, 1.165) is 37.5 Å². The molecular formula is C29H38F2O4. The minimum atomic E-state index is -0.799. The van der Waals surface area contributed by atoms with E-state index in [-0.39, 0.29) is 23.3 Å². The first-order valence-electron chi connectivity index (χ1n) is 12.9. The van der Waals surface area contributed by atoms with Crippen LogP contribution in [-0.2, 0) is 16.1 Å². The maximum atomic E-state index is 13.8. The Morgan fingerprint density at radius 2 is 1.20 bits per heavy atom. The standard InChI is InChI=1S/C29H38F2O4/c1-2-3-4-5-6-7-8-9-10-11-12-15-20-34-28(32)25-16-13-14-17-26(25)29(33)35-22-23-21-24(30)18-19-27(23)31/h13-14,16-19,21H,2-12,15,20,22H2,1H3. The highest BCUT2D eigenvalue weighted by atomic mass is 19.1. The molecule has 0 heterocycles. The van der Waals surface area contributed by atoms with E-state index in [4.69, 9.17) is 9.47 Å². The summed E-state index contributed by atoms with van der Waals surface area (Å²) < 4.78 is 37.5. The van der Waals surface area contributed by atoms with Crippen molar-refractivity contribution < 1.29 is 27.8 Å². The molecular weight excluding hydrogens is 450 g/mol. The lowest BCUT2D eigenvalue weighted by Crippen LogP contribution is -2.14. The summed E-state index contributed by atoms with van der Waals surface area (Å²) in [4.78, 5) is 25.0. The molecule has 0 aromatic heterocycles. The molecule has 0 aliphatic heterocycles. The lowest BCUT2D eigenvalue weighted by molar-refractivity contribution is 0.0433. The molecule has 2 aromatic rings. The average Bonchev–Trinajstić information content (AvgIpc) is 2.87. The zero-order chi connectivity index (χ0) is 25.3. The van der Waals surface area contributed by atoms with Crippen molar-refractivity contribution in [1.82, 2.24) is 0 Å². The molecule has 0 amide bonds. The number of benzene rings is 2. The number of unbranched alkanes of at least 4 members (excludes halogenated alkanes) is 11. The first-order chi connectivity index (χ1) is 17.0. The van der Waals surface area contributed by atoms with Crippen LogP contribution in [0.4, 0.5) is 8.78 Å². The predicted molar refractivity (Wildman–Crippen MR) is 133 cm³/mol. The lowest BCUT2D eigenvalue weighted by atomic mass is 10.1. The summed E-state index contributed by atoms with van der Waals surface area (Å²) in [5.41, 5.74) is 0.0468. The van der Waals surface area contributed by atoms with Crippen molar-refractivity contribution in [3.05, 3.63) is 70.8 Å². The Morgan fingerprint density at radius 1 is 0.686 bits per heavy atom. The molecule has 0 aliphatic rings. The third-order valence-corrected chi connectivity index (χ3v) is 5.96. The maximum absolute atomic E-state index is 13.8. The van der Waals surface area contributed by atoms with Gasteiger partial charge in [-0.1, -0.05) is 89.7 Å². The van der Waals surface area contributed by atoms with E-state index in [1.165, 1.54) is 69.9 Å². The first-order valence-corrected chi connectivity index (χ1v) is 12.9. The van der Waals surface area contributed by atoms with Gasteiger partial charge in [0, 0.05) is 5.56 Å². The number of halogens is 2. The van der Waals surface area contributed by atoms with Gasteiger partial charge >= 0.3 is 11.9 Å². The van der Waals surface area contributed by atoms with Crippen LogP contribution >= 0.6 is 0 Å². The Hall–Kier alpha value is -2.76. The second-order valence-corrected chi connectivity index (χ2v) is 8.88. The van der Waals surface area contributed by atoms with Gasteiger partial charge in [-0.2, -0.15) is 0 Å². The Labute approximate surface area is 208 Å². The van der Waals surface area contributed by atoms with Crippen molar-refractivity contribution in [2.45, 2.75) is 90.6 Å². The van der Waals surface area contributed by atoms with Crippen LogP contribution in [0, 0.1) is 11.6 Å². The topological polar surface area (TPSA) is 52.6 Å². The molecule has 0 atom stereocenters. The van der Waals surface area contributed by atoms with Gasteiger partial charge in [0.2, 0.25) is 0 Å². The van der Waals surface area contributed by atoms with Gasteiger partial charge in [0.05, 0.1) is 17.7 Å². The van der Waals surface area contributed by atoms with Gasteiger partial charge in [-0.05, 0) is 36.8 Å². The Balaban J connectivity index is 1.66. The summed E-state index contributed by atoms with van der Waals surface area (Å²) >= 11 is 0. The maximum Gasteiger partial charge on any atom is 0.339 e. The fourth-order valence-corrected chi connectivity index (χ4v) is 3.90. The van der Waals surface area contributed by atoms with E-state index in [1.54, 1.807) is 12.1 Å². The van der Waals surface area contributed by atoms with Crippen molar-refractivity contribution >= 4 is 11.9 Å². The van der Waals surface area contributed by atoms with Crippen molar-refractivity contribution in [3.8, 4) is 0 Å². The largest absolute Gasteiger partial charge is 0.462 e. The van der Waals surface area contributed by atoms with E-state index < -0.39 is 30.2 Å². The van der Waals surface area contributed by atoms with Crippen molar-refractivity contribution in [2.24, 2.45) is 0 Å². The minimum Gasteiger partial charge on any atom is -0.462 e. The fourth-order valence-electron chi connectivity index (χ4n) is 3.90. The fraction of sp³-hybridized carbons (Fsp3) is 0.517. The van der Waals surface area contributed by atoms with Gasteiger partial charge in [0.25, 0.3) is 0 Å². The molecule has 192 valence electrons. The van der Waals surface area contributed by atoms with E-state index in [1.807, 2.05) is 0 Å². The Bertz CT molecular complexity index is 913. The number of rotatable bonds is 17. The molecule has 0 aliphatic carbocycles. The molecule has 0 fully saturated rings. The van der Waals surface area contributed by atoms with Crippen molar-refractivity contribution in [1.29, 1.82) is 0 Å². The Kier molecular flexibility index (Phi) is 13.7. The molecule has 6 heteroatoms. The molecule has 0 N–H and O–H groups in total. The molecule has 0 unspecified atom stereocenters. The molecule has 0 spiro atoms. The summed E-state index contributed by atoms with van der Waals surface area (Å²) in [6.45, 7) is 2.08. The predicted octanol–water partition coefficient (Wildman–Crippen LogP) is 8.18. The quantitative estimate of drug-likeness (QED) is 0.166. The smallest absolute Gasteiger partial charge is 0.339 e. The number of hydrogen-bond donors (Lipinski definition) is 0. The van der Waals surface area contributed by atoms with Crippen LogP contribution in [0.15, 0.2) is 42.5 Å². The first kappa shape index (κ1) is 28.5. The van der Waals surface area contributed by atoms with Gasteiger partial charge in [0.15, 0.2) is 0 Å². The minimum absolute atomic E-state index is 0.0315. The normalized spacial score (nSPS) is 10.8. The van der Waals surface area contributed by atoms with E-state index in [2.05, 4.69) is 6.92 Å². The Morgan fingerprint density at radius 3 is 1.77 bits per heavy atom. The zero-order valence-corrected chi connectivity index (χ0v) is 20.8. The van der Waals surface area contributed by atoms with Crippen LogP contribution in [0.1, 0.15) is 110 Å². The summed E-state index contributed by atoms with van der Waals surface area (Å²) in [6, 6.07) is 9.10. The number of carbonyl (C=O) groups is 2. The van der Waals surface area contributed by atoms with Gasteiger partial charge < -0.3 is 9.47 Å². The van der Waals surface area contributed by atoms with Gasteiger partial charge in [-0.3, -0.25) is 0 Å². The summed E-state index contributed by atoms with van der Waals surface area (Å²) in [7, 11) is 0. The monoisotopic (exact) mass is 488 g/mol. The number of esters is 2. The van der Waals surface area contributed by atoms with Gasteiger partial charge in [-0.15, -0.1) is 0 Å². The van der Waals surface area contributed by atoms with Crippen LogP contribution in [0.25, 0.3) is 0 Å². The van der Waals surface area contributed by atoms with Crippen LogP contribution in [-0.4, -0.2) is 18.5 Å². The van der Waals surface area contributed by atoms with Gasteiger partial charge in [-0.25, -0.2) is 18.4 Å². The van der Waals surface area contributed by atoms with Crippen LogP contribution in [0.3, 0.4) is 0 Å². The van der Waals surface area contributed by atoms with Gasteiger partial charge in [0.1, 0.15) is 18.2 Å². The molecule has 0 bridgehead atoms. The van der Waals surface area contributed by atoms with Crippen molar-refractivity contribution in [2.75, 3.05) is 6.61 Å². The van der Waals surface area contributed by atoms with E-state index in [9.17, 15) is 18.4 Å². The third-order valence-electron chi connectivity index (χ3n) is 5.96. The van der Waals surface area contributed by atoms with Crippen LogP contribution in [0.5, 0.6) is 0 Å². The van der Waals surface area contributed by atoms with Crippen LogP contribution in [0.2, 0.25) is 0 Å². The molecule has 35 heavy (non-hydrogen) atoms. The molecule has 0 radical (unpaired) electrons. The third kappa shape index (κ3) is 11.0.